The third kappa shape index (κ3) is 4.96. The lowest BCUT2D eigenvalue weighted by atomic mass is 9.94. The molecule has 2 aromatic carbocycles. The van der Waals surface area contributed by atoms with Crippen LogP contribution < -0.4 is 16.4 Å². The first-order chi connectivity index (χ1) is 15.4. The van der Waals surface area contributed by atoms with Crippen molar-refractivity contribution in [3.63, 3.8) is 0 Å². The zero-order valence-corrected chi connectivity index (χ0v) is 18.6. The van der Waals surface area contributed by atoms with Crippen LogP contribution in [0.2, 0.25) is 10.0 Å². The third-order valence-corrected chi connectivity index (χ3v) is 6.04. The summed E-state index contributed by atoms with van der Waals surface area (Å²) in [6.45, 7) is 0.340. The third-order valence-electron chi connectivity index (χ3n) is 5.30. The molecule has 1 aliphatic carbocycles. The van der Waals surface area contributed by atoms with Crippen LogP contribution >= 0.6 is 23.2 Å². The summed E-state index contributed by atoms with van der Waals surface area (Å²) in [6, 6.07) is 10.4. The Balaban J connectivity index is 1.55. The van der Waals surface area contributed by atoms with Gasteiger partial charge in [0, 0.05) is 11.1 Å². The lowest BCUT2D eigenvalue weighted by Crippen LogP contribution is -2.23. The van der Waals surface area contributed by atoms with Gasteiger partial charge in [-0.3, -0.25) is 9.89 Å². The van der Waals surface area contributed by atoms with E-state index in [0.29, 0.717) is 40.9 Å². The molecule has 9 heteroatoms. The number of fused-ring (bicyclic) bond motifs is 1. The first kappa shape index (κ1) is 22.3. The SMILES string of the molecule is NCCC(C(=O)Nc1ccc2[nH]nc(NC3C=C(F)C=CC3)c2c1)c1ccc(Cl)c(Cl)c1. The van der Waals surface area contributed by atoms with Gasteiger partial charge in [-0.2, -0.15) is 5.10 Å². The lowest BCUT2D eigenvalue weighted by Gasteiger charge is -2.18. The average Bonchev–Trinajstić information content (AvgIpc) is 3.16. The fourth-order valence-corrected chi connectivity index (χ4v) is 4.00. The molecule has 32 heavy (non-hydrogen) atoms. The predicted molar refractivity (Wildman–Crippen MR) is 128 cm³/mol. The highest BCUT2D eigenvalue weighted by molar-refractivity contribution is 6.42. The second-order valence-electron chi connectivity index (χ2n) is 7.57. The number of H-pyrrole nitrogens is 1. The number of carbonyl (C=O) groups is 1. The molecule has 0 aliphatic heterocycles. The van der Waals surface area contributed by atoms with E-state index in [1.54, 1.807) is 30.3 Å². The molecular formula is C23H22Cl2FN5O. The number of halogens is 3. The smallest absolute Gasteiger partial charge is 0.231 e. The fraction of sp³-hybridized carbons (Fsp3) is 0.217. The van der Waals surface area contributed by atoms with Gasteiger partial charge in [-0.1, -0.05) is 35.3 Å². The van der Waals surface area contributed by atoms with Crippen molar-refractivity contribution in [2.24, 2.45) is 5.73 Å². The highest BCUT2D eigenvalue weighted by atomic mass is 35.5. The second-order valence-corrected chi connectivity index (χ2v) is 8.38. The van der Waals surface area contributed by atoms with Crippen LogP contribution in [0.5, 0.6) is 0 Å². The van der Waals surface area contributed by atoms with E-state index in [0.717, 1.165) is 16.5 Å². The fourth-order valence-electron chi connectivity index (χ4n) is 3.70. The summed E-state index contributed by atoms with van der Waals surface area (Å²) in [5.74, 6) is -0.374. The van der Waals surface area contributed by atoms with Crippen molar-refractivity contribution >= 4 is 51.5 Å². The highest BCUT2D eigenvalue weighted by Gasteiger charge is 2.21. The number of amides is 1. The number of hydrogen-bond donors (Lipinski definition) is 4. The zero-order valence-electron chi connectivity index (χ0n) is 17.0. The van der Waals surface area contributed by atoms with E-state index in [4.69, 9.17) is 28.9 Å². The average molecular weight is 474 g/mol. The van der Waals surface area contributed by atoms with Crippen molar-refractivity contribution in [1.29, 1.82) is 0 Å². The Morgan fingerprint density at radius 1 is 1.25 bits per heavy atom. The van der Waals surface area contributed by atoms with E-state index in [9.17, 15) is 9.18 Å². The van der Waals surface area contributed by atoms with Gasteiger partial charge in [0.2, 0.25) is 5.91 Å². The molecule has 1 amide bonds. The molecule has 4 rings (SSSR count). The molecule has 166 valence electrons. The van der Waals surface area contributed by atoms with Crippen molar-refractivity contribution in [3.8, 4) is 0 Å². The van der Waals surface area contributed by atoms with Crippen molar-refractivity contribution < 1.29 is 9.18 Å². The molecule has 0 saturated heterocycles. The topological polar surface area (TPSA) is 95.8 Å². The van der Waals surface area contributed by atoms with Gasteiger partial charge in [0.1, 0.15) is 5.83 Å². The van der Waals surface area contributed by atoms with Crippen molar-refractivity contribution in [2.45, 2.75) is 24.8 Å². The standard InChI is InChI=1S/C23H22Cl2FN5O/c24-19-6-4-13(10-20(19)25)17(8-9-27)23(32)29-16-5-7-21-18(12-16)22(31-30-21)28-15-3-1-2-14(26)11-15/h1-2,4-7,10-12,15,17H,3,8-9,27H2,(H,29,32)(H2,28,30,31). The van der Waals surface area contributed by atoms with Gasteiger partial charge >= 0.3 is 0 Å². The summed E-state index contributed by atoms with van der Waals surface area (Å²) in [7, 11) is 0. The Kier molecular flexibility index (Phi) is 6.79. The van der Waals surface area contributed by atoms with Gasteiger partial charge in [0.05, 0.1) is 27.5 Å². The Hall–Kier alpha value is -2.87. The molecule has 1 aliphatic rings. The summed E-state index contributed by atoms with van der Waals surface area (Å²) in [5, 5.41) is 15.0. The predicted octanol–water partition coefficient (Wildman–Crippen LogP) is 5.53. The number of aromatic amines is 1. The maximum absolute atomic E-state index is 13.5. The first-order valence-electron chi connectivity index (χ1n) is 10.2. The van der Waals surface area contributed by atoms with Crippen LogP contribution in [0.4, 0.5) is 15.9 Å². The molecule has 2 atom stereocenters. The van der Waals surface area contributed by atoms with Crippen LogP contribution in [0.3, 0.4) is 0 Å². The van der Waals surface area contributed by atoms with Crippen LogP contribution in [0.15, 0.2) is 60.5 Å². The van der Waals surface area contributed by atoms with Crippen LogP contribution in [0.1, 0.15) is 24.3 Å². The van der Waals surface area contributed by atoms with Gasteiger partial charge in [-0.15, -0.1) is 0 Å². The van der Waals surface area contributed by atoms with Gasteiger partial charge in [-0.05, 0) is 67.4 Å². The highest BCUT2D eigenvalue weighted by Crippen LogP contribution is 2.30. The minimum absolute atomic E-state index is 0.200. The number of nitrogens with one attached hydrogen (secondary N) is 3. The molecule has 0 saturated carbocycles. The van der Waals surface area contributed by atoms with Gasteiger partial charge in [-0.25, -0.2) is 4.39 Å². The summed E-state index contributed by atoms with van der Waals surface area (Å²) < 4.78 is 13.5. The number of benzene rings is 2. The Bertz CT molecular complexity index is 1210. The van der Waals surface area contributed by atoms with Gasteiger partial charge in [0.25, 0.3) is 0 Å². The number of hydrogen-bond acceptors (Lipinski definition) is 4. The zero-order chi connectivity index (χ0) is 22.7. The summed E-state index contributed by atoms with van der Waals surface area (Å²) in [5.41, 5.74) is 7.90. The maximum atomic E-state index is 13.5. The quantitative estimate of drug-likeness (QED) is 0.362. The van der Waals surface area contributed by atoms with Gasteiger partial charge in [0.15, 0.2) is 5.82 Å². The Labute approximate surface area is 194 Å². The summed E-state index contributed by atoms with van der Waals surface area (Å²) in [4.78, 5) is 13.1. The van der Waals surface area contributed by atoms with E-state index in [2.05, 4.69) is 20.8 Å². The van der Waals surface area contributed by atoms with Crippen LogP contribution in [-0.4, -0.2) is 28.7 Å². The molecule has 1 aromatic heterocycles. The minimum Gasteiger partial charge on any atom is -0.361 e. The number of allylic oxidation sites excluding steroid dienone is 2. The Morgan fingerprint density at radius 3 is 2.84 bits per heavy atom. The van der Waals surface area contributed by atoms with E-state index in [-0.39, 0.29) is 17.8 Å². The molecule has 0 bridgehead atoms. The largest absolute Gasteiger partial charge is 0.361 e. The second kappa shape index (κ2) is 9.73. The molecule has 5 N–H and O–H groups in total. The Morgan fingerprint density at radius 2 is 2.09 bits per heavy atom. The molecule has 2 unspecified atom stereocenters. The number of carbonyl (C=O) groups excluding carboxylic acids is 1. The minimum atomic E-state index is -0.477. The van der Waals surface area contributed by atoms with Gasteiger partial charge < -0.3 is 16.4 Å². The number of nitrogens with zero attached hydrogens (tertiary/aromatic N) is 1. The summed E-state index contributed by atoms with van der Waals surface area (Å²) >= 11 is 12.1. The normalized spacial score (nSPS) is 16.6. The number of anilines is 2. The van der Waals surface area contributed by atoms with Crippen molar-refractivity contribution in [3.05, 3.63) is 76.1 Å². The van der Waals surface area contributed by atoms with Crippen LogP contribution in [0.25, 0.3) is 10.9 Å². The van der Waals surface area contributed by atoms with E-state index < -0.39 is 5.92 Å². The molecule has 0 fully saturated rings. The molecule has 6 nitrogen and oxygen atoms in total. The molecule has 1 heterocycles. The van der Waals surface area contributed by atoms with E-state index in [1.165, 1.54) is 12.2 Å². The molecular weight excluding hydrogens is 452 g/mol. The lowest BCUT2D eigenvalue weighted by molar-refractivity contribution is -0.117. The van der Waals surface area contributed by atoms with Crippen molar-refractivity contribution in [2.75, 3.05) is 17.2 Å². The maximum Gasteiger partial charge on any atom is 0.231 e. The number of rotatable bonds is 7. The first-order valence-corrected chi connectivity index (χ1v) is 10.9. The molecule has 0 radical (unpaired) electrons. The van der Waals surface area contributed by atoms with E-state index >= 15 is 0 Å². The monoisotopic (exact) mass is 473 g/mol. The van der Waals surface area contributed by atoms with Crippen LogP contribution in [0, 0.1) is 0 Å². The molecule has 0 spiro atoms. The number of nitrogens with two attached hydrogens (primary N) is 1. The summed E-state index contributed by atoms with van der Waals surface area (Å²) in [6.07, 6.45) is 5.84. The van der Waals surface area contributed by atoms with Crippen molar-refractivity contribution in [1.82, 2.24) is 10.2 Å². The number of aromatic nitrogens is 2. The van der Waals surface area contributed by atoms with Crippen LogP contribution in [-0.2, 0) is 4.79 Å². The van der Waals surface area contributed by atoms with E-state index in [1.807, 2.05) is 12.1 Å². The molecule has 3 aromatic rings.